The summed E-state index contributed by atoms with van der Waals surface area (Å²) < 4.78 is 0. The molecule has 1 aliphatic rings. The summed E-state index contributed by atoms with van der Waals surface area (Å²) in [6.07, 6.45) is 6.99. The maximum absolute atomic E-state index is 9.46. The molecule has 0 aliphatic carbocycles. The van der Waals surface area contributed by atoms with E-state index in [2.05, 4.69) is 4.90 Å². The standard InChI is InChI=1S/C11H22ClNO/c12-7-3-1-2-4-8-13-9-5-6-11(14)10-13/h11,14H,1-10H2. The molecule has 0 aromatic rings. The van der Waals surface area contributed by atoms with Crippen molar-refractivity contribution in [3.05, 3.63) is 0 Å². The first-order valence-corrected chi connectivity index (χ1v) is 6.33. The van der Waals surface area contributed by atoms with E-state index < -0.39 is 0 Å². The molecule has 0 amide bonds. The Kier molecular flexibility index (Phi) is 6.57. The first-order chi connectivity index (χ1) is 6.83. The van der Waals surface area contributed by atoms with Crippen molar-refractivity contribution >= 4 is 11.6 Å². The predicted molar refractivity (Wildman–Crippen MR) is 60.9 cm³/mol. The summed E-state index contributed by atoms with van der Waals surface area (Å²) in [4.78, 5) is 2.38. The van der Waals surface area contributed by atoms with Crippen LogP contribution in [0.2, 0.25) is 0 Å². The highest BCUT2D eigenvalue weighted by Gasteiger charge is 2.16. The van der Waals surface area contributed by atoms with Crippen molar-refractivity contribution in [2.75, 3.05) is 25.5 Å². The summed E-state index contributed by atoms with van der Waals surface area (Å²) in [6, 6.07) is 0. The van der Waals surface area contributed by atoms with Crippen LogP contribution in [0.15, 0.2) is 0 Å². The number of halogens is 1. The molecule has 0 saturated carbocycles. The van der Waals surface area contributed by atoms with Crippen molar-refractivity contribution in [3.8, 4) is 0 Å². The van der Waals surface area contributed by atoms with E-state index in [1.807, 2.05) is 0 Å². The number of rotatable bonds is 6. The molecule has 14 heavy (non-hydrogen) atoms. The van der Waals surface area contributed by atoms with Gasteiger partial charge in [-0.05, 0) is 38.8 Å². The molecule has 1 N–H and O–H groups in total. The summed E-state index contributed by atoms with van der Waals surface area (Å²) >= 11 is 5.60. The van der Waals surface area contributed by atoms with Crippen LogP contribution in [0.4, 0.5) is 0 Å². The Balaban J connectivity index is 1.95. The average molecular weight is 220 g/mol. The number of nitrogens with zero attached hydrogens (tertiary/aromatic N) is 1. The molecule has 1 rings (SSSR count). The van der Waals surface area contributed by atoms with Gasteiger partial charge in [0.2, 0.25) is 0 Å². The van der Waals surface area contributed by atoms with E-state index in [1.165, 1.54) is 25.8 Å². The summed E-state index contributed by atoms with van der Waals surface area (Å²) in [7, 11) is 0. The molecule has 1 fully saturated rings. The number of likely N-dealkylation sites (tertiary alicyclic amines) is 1. The van der Waals surface area contributed by atoms with E-state index in [0.29, 0.717) is 0 Å². The minimum absolute atomic E-state index is 0.0772. The van der Waals surface area contributed by atoms with Crippen molar-refractivity contribution in [1.29, 1.82) is 0 Å². The van der Waals surface area contributed by atoms with Gasteiger partial charge < -0.3 is 10.0 Å². The highest BCUT2D eigenvalue weighted by molar-refractivity contribution is 6.17. The van der Waals surface area contributed by atoms with Crippen molar-refractivity contribution in [2.45, 2.75) is 44.6 Å². The molecule has 0 radical (unpaired) electrons. The molecule has 0 bridgehead atoms. The molecule has 0 aromatic heterocycles. The molecule has 2 nitrogen and oxygen atoms in total. The zero-order chi connectivity index (χ0) is 10.2. The van der Waals surface area contributed by atoms with Gasteiger partial charge in [0.15, 0.2) is 0 Å². The summed E-state index contributed by atoms with van der Waals surface area (Å²) in [5, 5.41) is 9.46. The smallest absolute Gasteiger partial charge is 0.0667 e. The lowest BCUT2D eigenvalue weighted by Gasteiger charge is -2.29. The predicted octanol–water partition coefficient (Wildman–Crippen LogP) is 2.24. The number of aliphatic hydroxyl groups is 1. The van der Waals surface area contributed by atoms with E-state index >= 15 is 0 Å². The Morgan fingerprint density at radius 3 is 2.71 bits per heavy atom. The van der Waals surface area contributed by atoms with Crippen LogP contribution in [0, 0.1) is 0 Å². The third-order valence-electron chi connectivity index (χ3n) is 2.84. The number of β-amino-alcohol motifs (C(OH)–C–C–N with tert-alkyl or cyclic N) is 1. The first-order valence-electron chi connectivity index (χ1n) is 5.79. The van der Waals surface area contributed by atoms with E-state index in [-0.39, 0.29) is 6.10 Å². The first kappa shape index (κ1) is 12.3. The van der Waals surface area contributed by atoms with Crippen LogP contribution in [0.1, 0.15) is 38.5 Å². The Bertz CT molecular complexity index is 143. The van der Waals surface area contributed by atoms with Gasteiger partial charge in [0.1, 0.15) is 0 Å². The van der Waals surface area contributed by atoms with Crippen LogP contribution in [-0.2, 0) is 0 Å². The van der Waals surface area contributed by atoms with Gasteiger partial charge in [0, 0.05) is 12.4 Å². The van der Waals surface area contributed by atoms with Crippen molar-refractivity contribution in [2.24, 2.45) is 0 Å². The fraction of sp³-hybridized carbons (Fsp3) is 1.00. The maximum atomic E-state index is 9.46. The molecule has 1 saturated heterocycles. The number of hydrogen-bond donors (Lipinski definition) is 1. The molecule has 1 heterocycles. The topological polar surface area (TPSA) is 23.5 Å². The van der Waals surface area contributed by atoms with E-state index in [0.717, 1.165) is 38.2 Å². The SMILES string of the molecule is OC1CCCN(CCCCCCCl)C1. The van der Waals surface area contributed by atoms with Gasteiger partial charge >= 0.3 is 0 Å². The van der Waals surface area contributed by atoms with Gasteiger partial charge in [-0.15, -0.1) is 11.6 Å². The second-order valence-electron chi connectivity index (χ2n) is 4.20. The van der Waals surface area contributed by atoms with Gasteiger partial charge in [0.05, 0.1) is 6.10 Å². The zero-order valence-corrected chi connectivity index (χ0v) is 9.68. The minimum Gasteiger partial charge on any atom is -0.392 e. The lowest BCUT2D eigenvalue weighted by Crippen LogP contribution is -2.38. The van der Waals surface area contributed by atoms with Crippen LogP contribution < -0.4 is 0 Å². The minimum atomic E-state index is -0.0772. The molecule has 3 heteroatoms. The van der Waals surface area contributed by atoms with Crippen molar-refractivity contribution < 1.29 is 5.11 Å². The van der Waals surface area contributed by atoms with Crippen LogP contribution >= 0.6 is 11.6 Å². The zero-order valence-electron chi connectivity index (χ0n) is 8.92. The number of alkyl halides is 1. The van der Waals surface area contributed by atoms with Crippen LogP contribution in [0.25, 0.3) is 0 Å². The van der Waals surface area contributed by atoms with E-state index in [9.17, 15) is 5.11 Å². The summed E-state index contributed by atoms with van der Waals surface area (Å²) in [6.45, 7) is 3.21. The number of hydrogen-bond acceptors (Lipinski definition) is 2. The van der Waals surface area contributed by atoms with Crippen LogP contribution in [-0.4, -0.2) is 41.6 Å². The van der Waals surface area contributed by atoms with Crippen molar-refractivity contribution in [1.82, 2.24) is 4.90 Å². The van der Waals surface area contributed by atoms with Gasteiger partial charge in [0.25, 0.3) is 0 Å². The molecule has 0 aromatic carbocycles. The maximum Gasteiger partial charge on any atom is 0.0667 e. The molecular weight excluding hydrogens is 198 g/mol. The van der Waals surface area contributed by atoms with Crippen LogP contribution in [0.5, 0.6) is 0 Å². The van der Waals surface area contributed by atoms with Gasteiger partial charge in [-0.1, -0.05) is 12.8 Å². The summed E-state index contributed by atoms with van der Waals surface area (Å²) in [5.41, 5.74) is 0. The van der Waals surface area contributed by atoms with Gasteiger partial charge in [-0.3, -0.25) is 0 Å². The van der Waals surface area contributed by atoms with Gasteiger partial charge in [-0.2, -0.15) is 0 Å². The Hall–Kier alpha value is 0.210. The lowest BCUT2D eigenvalue weighted by atomic mass is 10.1. The molecule has 1 unspecified atom stereocenters. The third-order valence-corrected chi connectivity index (χ3v) is 3.11. The second-order valence-corrected chi connectivity index (χ2v) is 4.58. The molecule has 0 spiro atoms. The quantitative estimate of drug-likeness (QED) is 0.547. The third kappa shape index (κ3) is 5.18. The number of aliphatic hydroxyl groups excluding tert-OH is 1. The Morgan fingerprint density at radius 1 is 1.21 bits per heavy atom. The van der Waals surface area contributed by atoms with E-state index in [4.69, 9.17) is 11.6 Å². The molecule has 1 atom stereocenters. The molecular formula is C11H22ClNO. The normalized spacial score (nSPS) is 24.0. The fourth-order valence-corrected chi connectivity index (χ4v) is 2.21. The van der Waals surface area contributed by atoms with Crippen molar-refractivity contribution in [3.63, 3.8) is 0 Å². The molecule has 1 aliphatic heterocycles. The summed E-state index contributed by atoms with van der Waals surface area (Å²) in [5.74, 6) is 0.794. The lowest BCUT2D eigenvalue weighted by molar-refractivity contribution is 0.0698. The van der Waals surface area contributed by atoms with Gasteiger partial charge in [-0.25, -0.2) is 0 Å². The van der Waals surface area contributed by atoms with Crippen LogP contribution in [0.3, 0.4) is 0 Å². The Morgan fingerprint density at radius 2 is 2.00 bits per heavy atom. The Labute approximate surface area is 92.2 Å². The second kappa shape index (κ2) is 7.49. The monoisotopic (exact) mass is 219 g/mol. The fourth-order valence-electron chi connectivity index (χ4n) is 2.02. The number of piperidine rings is 1. The average Bonchev–Trinajstić information content (AvgIpc) is 2.18. The largest absolute Gasteiger partial charge is 0.392 e. The highest BCUT2D eigenvalue weighted by atomic mass is 35.5. The molecule has 84 valence electrons. The highest BCUT2D eigenvalue weighted by Crippen LogP contribution is 2.11. The van der Waals surface area contributed by atoms with E-state index in [1.54, 1.807) is 0 Å². The number of unbranched alkanes of at least 4 members (excludes halogenated alkanes) is 3.